The molecule has 16 nitrogen and oxygen atoms in total. The summed E-state index contributed by atoms with van der Waals surface area (Å²) in [5.41, 5.74) is 3.55. The van der Waals surface area contributed by atoms with Crippen LogP contribution < -0.4 is 21.3 Å². The van der Waals surface area contributed by atoms with E-state index < -0.39 is 5.41 Å². The highest BCUT2D eigenvalue weighted by atomic mass is 79.9. The summed E-state index contributed by atoms with van der Waals surface area (Å²) >= 11 is 7.38. The van der Waals surface area contributed by atoms with Crippen LogP contribution in [0.5, 0.6) is 0 Å². The van der Waals surface area contributed by atoms with Crippen LogP contribution in [-0.4, -0.2) is 165 Å². The Kier molecular flexibility index (Phi) is 28.4. The lowest BCUT2D eigenvalue weighted by molar-refractivity contribution is -0.123. The van der Waals surface area contributed by atoms with Crippen molar-refractivity contribution in [2.24, 2.45) is 0 Å². The Morgan fingerprint density at radius 3 is 1.21 bits per heavy atom. The van der Waals surface area contributed by atoms with Crippen molar-refractivity contribution >= 4 is 67.1 Å². The summed E-state index contributed by atoms with van der Waals surface area (Å²) in [6.07, 6.45) is 4.61. The Hall–Kier alpha value is -3.62. The summed E-state index contributed by atoms with van der Waals surface area (Å²) in [7, 11) is 6.37. The minimum atomic E-state index is -0.663. The van der Waals surface area contributed by atoms with Gasteiger partial charge in [0.15, 0.2) is 0 Å². The molecule has 0 radical (unpaired) electrons. The van der Waals surface area contributed by atoms with Crippen molar-refractivity contribution in [1.29, 1.82) is 0 Å². The Labute approximate surface area is 414 Å². The van der Waals surface area contributed by atoms with Gasteiger partial charge in [0.1, 0.15) is 11.6 Å². The Morgan fingerprint density at radius 2 is 0.821 bits per heavy atom. The molecule has 0 aliphatic heterocycles. The van der Waals surface area contributed by atoms with Crippen molar-refractivity contribution in [2.75, 3.05) is 120 Å². The third-order valence-electron chi connectivity index (χ3n) is 11.9. The van der Waals surface area contributed by atoms with E-state index in [9.17, 15) is 28.8 Å². The molecule has 0 saturated heterocycles. The fraction of sp³-hybridized carbons (Fsp3) is 0.633. The molecular formula is C49H74Br2N6O10. The number of hydrogen-bond donors (Lipinski definition) is 4. The summed E-state index contributed by atoms with van der Waals surface area (Å²) < 4.78 is 22.0. The van der Waals surface area contributed by atoms with Crippen LogP contribution in [0.4, 0.5) is 0 Å². The maximum Gasteiger partial charge on any atom is 0.221 e. The predicted molar refractivity (Wildman–Crippen MR) is 266 cm³/mol. The Morgan fingerprint density at radius 1 is 0.463 bits per heavy atom. The van der Waals surface area contributed by atoms with Crippen molar-refractivity contribution in [1.82, 2.24) is 31.1 Å². The molecule has 0 bridgehead atoms. The highest BCUT2D eigenvalue weighted by Gasteiger charge is 2.43. The van der Waals surface area contributed by atoms with E-state index in [4.69, 9.17) is 18.9 Å². The number of halogens is 2. The summed E-state index contributed by atoms with van der Waals surface area (Å²) in [6, 6.07) is 12.4. The number of carbonyl (C=O) groups is 6. The molecule has 4 amide bonds. The first-order valence-electron chi connectivity index (χ1n) is 23.5. The Bertz CT molecular complexity index is 1690. The molecule has 0 heterocycles. The van der Waals surface area contributed by atoms with E-state index in [1.165, 1.54) is 0 Å². The molecule has 2 aromatic carbocycles. The van der Waals surface area contributed by atoms with Crippen molar-refractivity contribution in [3.8, 4) is 11.1 Å². The number of fused-ring (bicyclic) bond motifs is 3. The monoisotopic (exact) mass is 1060 g/mol. The van der Waals surface area contributed by atoms with Crippen LogP contribution in [0.25, 0.3) is 11.1 Å². The van der Waals surface area contributed by atoms with Crippen LogP contribution in [0, 0.1) is 0 Å². The summed E-state index contributed by atoms with van der Waals surface area (Å²) in [5, 5.41) is 11.9. The number of methoxy groups -OCH3 is 4. The second kappa shape index (κ2) is 33.0. The van der Waals surface area contributed by atoms with E-state index in [1.807, 2.05) is 21.9 Å². The van der Waals surface area contributed by atoms with Gasteiger partial charge in [0.25, 0.3) is 0 Å². The highest BCUT2D eigenvalue weighted by Crippen LogP contribution is 2.55. The molecule has 3 rings (SSSR count). The SMILES string of the molecule is COCCCC(=O)CCN(CCNC(=O)CCC1(CCC(=O)NCCN(CCC(=O)CCCOC)CCC(=O)NCCOC)c2cc(Br)ccc2-c2ccc(Br)cc21)CCC(=O)NCCOC. The van der Waals surface area contributed by atoms with Crippen molar-refractivity contribution < 1.29 is 47.7 Å². The van der Waals surface area contributed by atoms with Crippen LogP contribution in [-0.2, 0) is 53.1 Å². The molecule has 0 saturated carbocycles. The number of benzene rings is 2. The van der Waals surface area contributed by atoms with Gasteiger partial charge in [-0.15, -0.1) is 0 Å². The van der Waals surface area contributed by atoms with Gasteiger partial charge in [-0.1, -0.05) is 44.0 Å². The topological polar surface area (TPSA) is 194 Å². The number of nitrogens with zero attached hydrogens (tertiary/aromatic N) is 2. The fourth-order valence-electron chi connectivity index (χ4n) is 8.24. The molecule has 4 N–H and O–H groups in total. The largest absolute Gasteiger partial charge is 0.385 e. The van der Waals surface area contributed by atoms with Crippen LogP contribution in [0.3, 0.4) is 0 Å². The van der Waals surface area contributed by atoms with E-state index in [-0.39, 0.29) is 60.9 Å². The van der Waals surface area contributed by atoms with Crippen LogP contribution >= 0.6 is 31.9 Å². The third kappa shape index (κ3) is 21.7. The van der Waals surface area contributed by atoms with Crippen LogP contribution in [0.15, 0.2) is 45.3 Å². The molecule has 18 heteroatoms. The summed E-state index contributed by atoms with van der Waals surface area (Å²) in [4.78, 5) is 81.8. The maximum absolute atomic E-state index is 13.7. The lowest BCUT2D eigenvalue weighted by Gasteiger charge is -2.32. The third-order valence-corrected chi connectivity index (χ3v) is 12.9. The van der Waals surface area contributed by atoms with E-state index in [0.29, 0.717) is 143 Å². The molecule has 1 aliphatic rings. The van der Waals surface area contributed by atoms with Crippen LogP contribution in [0.2, 0.25) is 0 Å². The predicted octanol–water partition coefficient (Wildman–Crippen LogP) is 4.95. The first kappa shape index (κ1) is 57.7. The average molecular weight is 1070 g/mol. The van der Waals surface area contributed by atoms with Gasteiger partial charge in [-0.25, -0.2) is 0 Å². The molecule has 67 heavy (non-hydrogen) atoms. The molecular weight excluding hydrogens is 992 g/mol. The zero-order valence-corrected chi connectivity index (χ0v) is 43.3. The van der Waals surface area contributed by atoms with Crippen molar-refractivity contribution in [3.63, 3.8) is 0 Å². The average Bonchev–Trinajstić information content (AvgIpc) is 3.56. The fourth-order valence-corrected chi connectivity index (χ4v) is 8.96. The molecule has 0 unspecified atom stereocenters. The summed E-state index contributed by atoms with van der Waals surface area (Å²) in [6.45, 7) is 6.08. The minimum absolute atomic E-state index is 0.109. The Balaban J connectivity index is 1.70. The lowest BCUT2D eigenvalue weighted by Crippen LogP contribution is -2.39. The molecule has 1 aliphatic carbocycles. The zero-order chi connectivity index (χ0) is 48.9. The molecule has 374 valence electrons. The van der Waals surface area contributed by atoms with Gasteiger partial charge in [0.05, 0.1) is 13.2 Å². The quantitative estimate of drug-likeness (QED) is 0.0663. The smallest absolute Gasteiger partial charge is 0.221 e. The number of nitrogens with one attached hydrogen (secondary N) is 4. The first-order chi connectivity index (χ1) is 32.3. The molecule has 0 aromatic heterocycles. The second-order valence-electron chi connectivity index (χ2n) is 16.8. The van der Waals surface area contributed by atoms with E-state index in [1.54, 1.807) is 28.4 Å². The number of carbonyl (C=O) groups excluding carboxylic acids is 6. The van der Waals surface area contributed by atoms with Crippen molar-refractivity contribution in [2.45, 2.75) is 82.5 Å². The van der Waals surface area contributed by atoms with Gasteiger partial charge >= 0.3 is 0 Å². The number of rotatable bonds is 38. The number of Topliss-reactive ketones (excluding diaryl/α,β-unsaturated/α-hetero) is 2. The number of hydrogen-bond acceptors (Lipinski definition) is 12. The van der Waals surface area contributed by atoms with E-state index >= 15 is 0 Å². The summed E-state index contributed by atoms with van der Waals surface area (Å²) in [5.74, 6) is -0.243. The number of ketones is 2. The number of amides is 4. The van der Waals surface area contributed by atoms with E-state index in [2.05, 4.69) is 77.4 Å². The van der Waals surface area contributed by atoms with Gasteiger partial charge < -0.3 is 50.0 Å². The first-order valence-corrected chi connectivity index (χ1v) is 25.0. The molecule has 0 atom stereocenters. The minimum Gasteiger partial charge on any atom is -0.385 e. The van der Waals surface area contributed by atoms with Gasteiger partial charge in [-0.2, -0.15) is 0 Å². The highest BCUT2D eigenvalue weighted by molar-refractivity contribution is 9.10. The van der Waals surface area contributed by atoms with Gasteiger partial charge in [-0.05, 0) is 72.2 Å². The van der Waals surface area contributed by atoms with Gasteiger partial charge in [0.2, 0.25) is 23.6 Å². The second-order valence-corrected chi connectivity index (χ2v) is 18.6. The zero-order valence-electron chi connectivity index (χ0n) is 40.1. The number of ether oxygens (including phenoxy) is 4. The van der Waals surface area contributed by atoms with Crippen molar-refractivity contribution in [3.05, 3.63) is 56.5 Å². The standard InChI is InChI=1S/C49H74Br2N6O10/c1-64-31-5-7-39(58)15-25-56(27-17-47(62)54-23-33-66-3)29-21-52-45(60)13-19-49(43-35-37(50)9-11-41(43)42-12-10-38(51)36-44(42)49)20-14-46(61)53-22-30-57(26-16-40(59)8-6-32-65-2)28-18-48(63)55-24-34-67-4/h9-12,35-36H,5-8,13-34H2,1-4H3,(H,52,60)(H,53,61)(H,54,62)(H,55,63). The molecule has 0 fully saturated rings. The normalized spacial score (nSPS) is 12.5. The van der Waals surface area contributed by atoms with Gasteiger partial charge in [0, 0.05) is 173 Å². The van der Waals surface area contributed by atoms with Gasteiger partial charge in [-0.3, -0.25) is 28.8 Å². The van der Waals surface area contributed by atoms with E-state index in [0.717, 1.165) is 31.2 Å². The molecule has 2 aromatic rings. The van der Waals surface area contributed by atoms with Crippen LogP contribution in [0.1, 0.15) is 88.2 Å². The molecule has 0 spiro atoms. The maximum atomic E-state index is 13.7. The lowest BCUT2D eigenvalue weighted by atomic mass is 9.71.